The molecule has 7 heteroatoms. The van der Waals surface area contributed by atoms with Gasteiger partial charge in [0.25, 0.3) is 5.69 Å². The molecular formula is C14H10N2O5. The molecule has 1 aromatic carbocycles. The summed E-state index contributed by atoms with van der Waals surface area (Å²) in [6.07, 6.45) is 5.06. The van der Waals surface area contributed by atoms with E-state index in [9.17, 15) is 14.9 Å². The quantitative estimate of drug-likeness (QED) is 0.515. The summed E-state index contributed by atoms with van der Waals surface area (Å²) in [5.74, 6) is -0.374. The van der Waals surface area contributed by atoms with Gasteiger partial charge in [-0.05, 0) is 30.3 Å². The molecular weight excluding hydrogens is 276 g/mol. The zero-order valence-electron chi connectivity index (χ0n) is 10.7. The van der Waals surface area contributed by atoms with Crippen LogP contribution in [0.3, 0.4) is 0 Å². The van der Waals surface area contributed by atoms with Gasteiger partial charge in [0.05, 0.1) is 16.7 Å². The summed E-state index contributed by atoms with van der Waals surface area (Å²) < 4.78 is 5.49. The van der Waals surface area contributed by atoms with Gasteiger partial charge in [-0.2, -0.15) is 0 Å². The van der Waals surface area contributed by atoms with Gasteiger partial charge in [-0.25, -0.2) is 4.79 Å². The van der Waals surface area contributed by atoms with Crippen LogP contribution in [0.4, 0.5) is 5.69 Å². The standard InChI is InChI=1S/C14H10N2O5/c17-14(18)6-3-10-8-11(4-5-13(10)16(19)20)21-12-2-1-7-15-9-12/h1-9H,(H,17,18)/b6-3+. The highest BCUT2D eigenvalue weighted by Crippen LogP contribution is 2.28. The van der Waals surface area contributed by atoms with E-state index >= 15 is 0 Å². The van der Waals surface area contributed by atoms with Crippen LogP contribution in [0, 0.1) is 10.1 Å². The first-order valence-electron chi connectivity index (χ1n) is 5.83. The molecule has 0 unspecified atom stereocenters. The number of ether oxygens (including phenoxy) is 1. The molecule has 0 bridgehead atoms. The molecule has 7 nitrogen and oxygen atoms in total. The molecule has 0 saturated carbocycles. The molecule has 106 valence electrons. The average molecular weight is 286 g/mol. The Bertz CT molecular complexity index is 698. The third kappa shape index (κ3) is 3.87. The number of aliphatic carboxylic acids is 1. The lowest BCUT2D eigenvalue weighted by atomic mass is 10.1. The Morgan fingerprint density at radius 3 is 2.76 bits per heavy atom. The lowest BCUT2D eigenvalue weighted by Crippen LogP contribution is -1.94. The number of nitrogens with zero attached hydrogens (tertiary/aromatic N) is 2. The lowest BCUT2D eigenvalue weighted by molar-refractivity contribution is -0.385. The third-order valence-corrected chi connectivity index (χ3v) is 2.47. The number of benzene rings is 1. The second-order valence-corrected chi connectivity index (χ2v) is 3.94. The Morgan fingerprint density at radius 2 is 2.14 bits per heavy atom. The molecule has 0 saturated heterocycles. The Kier molecular flexibility index (Phi) is 4.25. The Labute approximate surface area is 119 Å². The van der Waals surface area contributed by atoms with E-state index in [0.29, 0.717) is 11.5 Å². The number of nitro groups is 1. The second kappa shape index (κ2) is 6.29. The number of carboxylic acid groups (broad SMARTS) is 1. The maximum Gasteiger partial charge on any atom is 0.328 e. The maximum absolute atomic E-state index is 10.9. The number of hydrogen-bond acceptors (Lipinski definition) is 5. The molecule has 21 heavy (non-hydrogen) atoms. The topological polar surface area (TPSA) is 103 Å². The van der Waals surface area contributed by atoms with E-state index in [-0.39, 0.29) is 11.3 Å². The van der Waals surface area contributed by atoms with E-state index in [4.69, 9.17) is 9.84 Å². The van der Waals surface area contributed by atoms with Crippen LogP contribution in [0.2, 0.25) is 0 Å². The zero-order valence-corrected chi connectivity index (χ0v) is 10.7. The van der Waals surface area contributed by atoms with Gasteiger partial charge >= 0.3 is 5.97 Å². The fourth-order valence-corrected chi connectivity index (χ4v) is 1.60. The van der Waals surface area contributed by atoms with Crippen LogP contribution >= 0.6 is 0 Å². The van der Waals surface area contributed by atoms with Crippen molar-refractivity contribution < 1.29 is 19.6 Å². The number of hydrogen-bond donors (Lipinski definition) is 1. The summed E-state index contributed by atoms with van der Waals surface area (Å²) in [7, 11) is 0. The van der Waals surface area contributed by atoms with Gasteiger partial charge in [0.15, 0.2) is 0 Å². The van der Waals surface area contributed by atoms with E-state index in [2.05, 4.69) is 4.98 Å². The van der Waals surface area contributed by atoms with Crippen molar-refractivity contribution in [2.45, 2.75) is 0 Å². The number of pyridine rings is 1. The van der Waals surface area contributed by atoms with Gasteiger partial charge in [-0.15, -0.1) is 0 Å². The van der Waals surface area contributed by atoms with Crippen molar-refractivity contribution in [2.24, 2.45) is 0 Å². The first-order chi connectivity index (χ1) is 10.1. The summed E-state index contributed by atoms with van der Waals surface area (Å²) in [5.41, 5.74) is -0.0603. The molecule has 0 atom stereocenters. The fourth-order valence-electron chi connectivity index (χ4n) is 1.60. The summed E-state index contributed by atoms with van der Waals surface area (Å²) in [4.78, 5) is 24.7. The molecule has 1 aromatic heterocycles. The number of carbonyl (C=O) groups is 1. The largest absolute Gasteiger partial charge is 0.478 e. The minimum atomic E-state index is -1.19. The number of nitro benzene ring substituents is 1. The third-order valence-electron chi connectivity index (χ3n) is 2.47. The monoisotopic (exact) mass is 286 g/mol. The van der Waals surface area contributed by atoms with Crippen LogP contribution < -0.4 is 4.74 Å². The Hall–Kier alpha value is -3.22. The average Bonchev–Trinajstić information content (AvgIpc) is 2.46. The molecule has 1 N–H and O–H groups in total. The van der Waals surface area contributed by atoms with E-state index < -0.39 is 10.9 Å². The zero-order chi connectivity index (χ0) is 15.2. The number of aromatic nitrogens is 1. The molecule has 2 rings (SSSR count). The van der Waals surface area contributed by atoms with Crippen molar-refractivity contribution in [3.8, 4) is 11.5 Å². The van der Waals surface area contributed by atoms with Crippen LogP contribution in [0.5, 0.6) is 11.5 Å². The molecule has 0 radical (unpaired) electrons. The molecule has 0 spiro atoms. The van der Waals surface area contributed by atoms with Crippen molar-refractivity contribution in [1.29, 1.82) is 0 Å². The Morgan fingerprint density at radius 1 is 1.33 bits per heavy atom. The molecule has 0 aliphatic rings. The van der Waals surface area contributed by atoms with Crippen molar-refractivity contribution >= 4 is 17.7 Å². The predicted octanol–water partition coefficient (Wildman–Crippen LogP) is 2.88. The van der Waals surface area contributed by atoms with E-state index in [1.54, 1.807) is 18.3 Å². The van der Waals surface area contributed by atoms with Crippen LogP contribution in [0.15, 0.2) is 48.8 Å². The van der Waals surface area contributed by atoms with Gasteiger partial charge in [-0.1, -0.05) is 0 Å². The predicted molar refractivity (Wildman–Crippen MR) is 74.1 cm³/mol. The van der Waals surface area contributed by atoms with Crippen LogP contribution in [-0.4, -0.2) is 21.0 Å². The molecule has 1 heterocycles. The van der Waals surface area contributed by atoms with Crippen LogP contribution in [0.25, 0.3) is 6.08 Å². The van der Waals surface area contributed by atoms with Crippen molar-refractivity contribution in [2.75, 3.05) is 0 Å². The van der Waals surface area contributed by atoms with Gasteiger partial charge in [0.1, 0.15) is 11.5 Å². The van der Waals surface area contributed by atoms with Gasteiger partial charge in [-0.3, -0.25) is 15.1 Å². The highest BCUT2D eigenvalue weighted by atomic mass is 16.6. The Balaban J connectivity index is 2.34. The van der Waals surface area contributed by atoms with Gasteiger partial charge in [0.2, 0.25) is 0 Å². The summed E-state index contributed by atoms with van der Waals surface area (Å²) >= 11 is 0. The SMILES string of the molecule is O=C(O)/C=C/c1cc(Oc2cccnc2)ccc1[N+](=O)[O-]. The smallest absolute Gasteiger partial charge is 0.328 e. The summed E-state index contributed by atoms with van der Waals surface area (Å²) in [6, 6.07) is 7.45. The van der Waals surface area contributed by atoms with E-state index in [0.717, 1.165) is 12.2 Å². The first kappa shape index (κ1) is 14.2. The molecule has 0 amide bonds. The van der Waals surface area contributed by atoms with Crippen LogP contribution in [-0.2, 0) is 4.79 Å². The van der Waals surface area contributed by atoms with Crippen molar-refractivity contribution in [3.63, 3.8) is 0 Å². The minimum Gasteiger partial charge on any atom is -0.478 e. The van der Waals surface area contributed by atoms with Gasteiger partial charge in [0, 0.05) is 18.3 Å². The highest BCUT2D eigenvalue weighted by molar-refractivity contribution is 5.86. The van der Waals surface area contributed by atoms with E-state index in [1.165, 1.54) is 24.4 Å². The van der Waals surface area contributed by atoms with Crippen molar-refractivity contribution in [3.05, 3.63) is 64.5 Å². The summed E-state index contributed by atoms with van der Waals surface area (Å²) in [5, 5.41) is 19.5. The van der Waals surface area contributed by atoms with Gasteiger partial charge < -0.3 is 9.84 Å². The first-order valence-corrected chi connectivity index (χ1v) is 5.83. The normalized spacial score (nSPS) is 10.5. The molecule has 0 aliphatic heterocycles. The minimum absolute atomic E-state index is 0.142. The number of rotatable bonds is 5. The van der Waals surface area contributed by atoms with E-state index in [1.807, 2.05) is 0 Å². The second-order valence-electron chi connectivity index (χ2n) is 3.94. The summed E-state index contributed by atoms with van der Waals surface area (Å²) in [6.45, 7) is 0. The molecule has 0 aliphatic carbocycles. The van der Waals surface area contributed by atoms with Crippen LogP contribution in [0.1, 0.15) is 5.56 Å². The molecule has 0 fully saturated rings. The fraction of sp³-hybridized carbons (Fsp3) is 0. The van der Waals surface area contributed by atoms with Crippen molar-refractivity contribution in [1.82, 2.24) is 4.98 Å². The number of carboxylic acids is 1. The molecule has 2 aromatic rings. The maximum atomic E-state index is 10.9. The lowest BCUT2D eigenvalue weighted by Gasteiger charge is -2.06. The highest BCUT2D eigenvalue weighted by Gasteiger charge is 2.13.